The molecule has 34 heavy (non-hydrogen) atoms. The maximum Gasteiger partial charge on any atom is 0.193 e. The van der Waals surface area contributed by atoms with E-state index in [1.807, 2.05) is 42.5 Å². The summed E-state index contributed by atoms with van der Waals surface area (Å²) in [5.41, 5.74) is 2.90. The molecule has 188 valence electrons. The van der Waals surface area contributed by atoms with E-state index in [0.717, 1.165) is 17.5 Å². The third-order valence-electron chi connectivity index (χ3n) is 7.07. The van der Waals surface area contributed by atoms with Gasteiger partial charge in [-0.25, -0.2) is 0 Å². The maximum absolute atomic E-state index is 12.5. The molecular formula is C33H50O. The molecule has 2 aromatic rings. The van der Waals surface area contributed by atoms with Crippen molar-refractivity contribution in [1.29, 1.82) is 0 Å². The minimum Gasteiger partial charge on any atom is -0.289 e. The van der Waals surface area contributed by atoms with Crippen molar-refractivity contribution >= 4 is 5.78 Å². The fraction of sp³-hybridized carbons (Fsp3) is 0.606. The second-order valence-corrected chi connectivity index (χ2v) is 10.2. The molecule has 0 radical (unpaired) electrons. The van der Waals surface area contributed by atoms with E-state index in [9.17, 15) is 4.79 Å². The lowest BCUT2D eigenvalue weighted by atomic mass is 9.99. The van der Waals surface area contributed by atoms with Gasteiger partial charge in [-0.05, 0) is 18.4 Å². The van der Waals surface area contributed by atoms with Gasteiger partial charge in [-0.2, -0.15) is 0 Å². The molecule has 2 aromatic carbocycles. The predicted molar refractivity (Wildman–Crippen MR) is 149 cm³/mol. The first kappa shape index (κ1) is 28.3. The molecule has 0 amide bonds. The number of aryl methyl sites for hydroxylation is 1. The molecule has 1 heteroatoms. The third-order valence-corrected chi connectivity index (χ3v) is 7.07. The summed E-state index contributed by atoms with van der Waals surface area (Å²) in [6.07, 6.45) is 26.6. The Hall–Kier alpha value is -1.89. The van der Waals surface area contributed by atoms with Gasteiger partial charge in [0.2, 0.25) is 0 Å². The predicted octanol–water partition coefficient (Wildman–Crippen LogP) is 10.5. The van der Waals surface area contributed by atoms with Gasteiger partial charge in [-0.3, -0.25) is 4.79 Å². The van der Waals surface area contributed by atoms with E-state index in [1.54, 1.807) is 0 Å². The highest BCUT2D eigenvalue weighted by atomic mass is 16.1. The summed E-state index contributed by atoms with van der Waals surface area (Å²) in [4.78, 5) is 12.5. The molecule has 0 saturated heterocycles. The molecule has 0 saturated carbocycles. The standard InChI is InChI=1S/C33H50O/c1-2-3-4-5-6-7-8-9-10-11-12-13-14-15-16-17-18-20-23-30-26-28-32(29-27-30)33(34)31-24-21-19-22-25-31/h19,21-22,24-29H,2-18,20,23H2,1H3. The highest BCUT2D eigenvalue weighted by Crippen LogP contribution is 2.16. The van der Waals surface area contributed by atoms with Crippen molar-refractivity contribution in [2.24, 2.45) is 0 Å². The van der Waals surface area contributed by atoms with E-state index in [1.165, 1.54) is 121 Å². The van der Waals surface area contributed by atoms with Crippen LogP contribution in [0.2, 0.25) is 0 Å². The summed E-state index contributed by atoms with van der Waals surface area (Å²) in [5, 5.41) is 0. The lowest BCUT2D eigenvalue weighted by Crippen LogP contribution is -2.01. The third kappa shape index (κ3) is 13.1. The van der Waals surface area contributed by atoms with Crippen LogP contribution in [0, 0.1) is 0 Å². The van der Waals surface area contributed by atoms with Gasteiger partial charge in [0.05, 0.1) is 0 Å². The van der Waals surface area contributed by atoms with Crippen LogP contribution in [-0.4, -0.2) is 5.78 Å². The van der Waals surface area contributed by atoms with Crippen molar-refractivity contribution in [1.82, 2.24) is 0 Å². The van der Waals surface area contributed by atoms with Crippen LogP contribution in [0.15, 0.2) is 54.6 Å². The number of rotatable bonds is 21. The molecule has 0 atom stereocenters. The summed E-state index contributed by atoms with van der Waals surface area (Å²) in [6.45, 7) is 2.29. The van der Waals surface area contributed by atoms with Crippen molar-refractivity contribution < 1.29 is 4.79 Å². The fourth-order valence-electron chi connectivity index (χ4n) is 4.81. The number of carbonyl (C=O) groups is 1. The molecular weight excluding hydrogens is 412 g/mol. The first-order chi connectivity index (χ1) is 16.8. The van der Waals surface area contributed by atoms with E-state index in [2.05, 4.69) is 19.1 Å². The fourth-order valence-corrected chi connectivity index (χ4v) is 4.81. The molecule has 0 N–H and O–H groups in total. The van der Waals surface area contributed by atoms with Crippen molar-refractivity contribution in [2.45, 2.75) is 129 Å². The summed E-state index contributed by atoms with van der Waals surface area (Å²) in [6, 6.07) is 17.8. The summed E-state index contributed by atoms with van der Waals surface area (Å²) >= 11 is 0. The van der Waals surface area contributed by atoms with Gasteiger partial charge >= 0.3 is 0 Å². The number of hydrogen-bond acceptors (Lipinski definition) is 1. The second kappa shape index (κ2) is 19.4. The van der Waals surface area contributed by atoms with Crippen LogP contribution in [0.25, 0.3) is 0 Å². The highest BCUT2D eigenvalue weighted by molar-refractivity contribution is 6.08. The first-order valence-corrected chi connectivity index (χ1v) is 14.5. The van der Waals surface area contributed by atoms with E-state index >= 15 is 0 Å². The topological polar surface area (TPSA) is 17.1 Å². The molecule has 0 unspecified atom stereocenters. The zero-order valence-corrected chi connectivity index (χ0v) is 22.0. The van der Waals surface area contributed by atoms with Crippen LogP contribution in [-0.2, 0) is 6.42 Å². The quantitative estimate of drug-likeness (QED) is 0.133. The Morgan fingerprint density at radius 1 is 0.471 bits per heavy atom. The van der Waals surface area contributed by atoms with Gasteiger partial charge in [-0.15, -0.1) is 0 Å². The molecule has 0 aliphatic carbocycles. The van der Waals surface area contributed by atoms with E-state index in [0.29, 0.717) is 0 Å². The Bertz CT molecular complexity index is 731. The average Bonchev–Trinajstić information content (AvgIpc) is 2.88. The largest absolute Gasteiger partial charge is 0.289 e. The molecule has 0 aliphatic rings. The molecule has 2 rings (SSSR count). The van der Waals surface area contributed by atoms with Crippen molar-refractivity contribution in [3.63, 3.8) is 0 Å². The molecule has 0 aliphatic heterocycles. The number of benzene rings is 2. The van der Waals surface area contributed by atoms with Crippen LogP contribution in [0.4, 0.5) is 0 Å². The SMILES string of the molecule is CCCCCCCCCCCCCCCCCCCCc1ccc(C(=O)c2ccccc2)cc1. The van der Waals surface area contributed by atoms with Crippen molar-refractivity contribution in [2.75, 3.05) is 0 Å². The minimum atomic E-state index is 0.111. The Labute approximate surface area is 210 Å². The van der Waals surface area contributed by atoms with Crippen LogP contribution in [0.5, 0.6) is 0 Å². The smallest absolute Gasteiger partial charge is 0.193 e. The number of unbranched alkanes of at least 4 members (excludes halogenated alkanes) is 17. The van der Waals surface area contributed by atoms with Gasteiger partial charge < -0.3 is 0 Å². The molecule has 0 spiro atoms. The van der Waals surface area contributed by atoms with Gasteiger partial charge in [0.1, 0.15) is 0 Å². The van der Waals surface area contributed by atoms with Crippen molar-refractivity contribution in [3.05, 3.63) is 71.3 Å². The zero-order valence-electron chi connectivity index (χ0n) is 22.0. The summed E-state index contributed by atoms with van der Waals surface area (Å²) in [5.74, 6) is 0.111. The van der Waals surface area contributed by atoms with Gasteiger partial charge in [0.25, 0.3) is 0 Å². The van der Waals surface area contributed by atoms with E-state index in [-0.39, 0.29) is 5.78 Å². The first-order valence-electron chi connectivity index (χ1n) is 14.5. The molecule has 0 bridgehead atoms. The monoisotopic (exact) mass is 462 g/mol. The Balaban J connectivity index is 1.37. The summed E-state index contributed by atoms with van der Waals surface area (Å²) < 4.78 is 0. The van der Waals surface area contributed by atoms with Crippen LogP contribution < -0.4 is 0 Å². The molecule has 1 nitrogen and oxygen atoms in total. The average molecular weight is 463 g/mol. The van der Waals surface area contributed by atoms with Crippen molar-refractivity contribution in [3.8, 4) is 0 Å². The summed E-state index contributed by atoms with van der Waals surface area (Å²) in [7, 11) is 0. The molecule has 0 aromatic heterocycles. The molecule has 0 fully saturated rings. The van der Waals surface area contributed by atoms with Gasteiger partial charge in [-0.1, -0.05) is 171 Å². The lowest BCUT2D eigenvalue weighted by molar-refractivity contribution is 0.103. The normalized spacial score (nSPS) is 11.1. The number of hydrogen-bond donors (Lipinski definition) is 0. The van der Waals surface area contributed by atoms with E-state index < -0.39 is 0 Å². The number of ketones is 1. The molecule has 0 heterocycles. The van der Waals surface area contributed by atoms with Crippen LogP contribution in [0.1, 0.15) is 144 Å². The van der Waals surface area contributed by atoms with E-state index in [4.69, 9.17) is 0 Å². The van der Waals surface area contributed by atoms with Crippen LogP contribution in [0.3, 0.4) is 0 Å². The second-order valence-electron chi connectivity index (χ2n) is 10.2. The lowest BCUT2D eigenvalue weighted by Gasteiger charge is -2.05. The maximum atomic E-state index is 12.5. The number of carbonyl (C=O) groups excluding carboxylic acids is 1. The minimum absolute atomic E-state index is 0.111. The zero-order chi connectivity index (χ0) is 24.1. The Morgan fingerprint density at radius 3 is 1.29 bits per heavy atom. The Morgan fingerprint density at radius 2 is 0.853 bits per heavy atom. The Kier molecular flexibility index (Phi) is 16.2. The van der Waals surface area contributed by atoms with Gasteiger partial charge in [0.15, 0.2) is 5.78 Å². The van der Waals surface area contributed by atoms with Gasteiger partial charge in [0, 0.05) is 11.1 Å². The van der Waals surface area contributed by atoms with Crippen LogP contribution >= 0.6 is 0 Å². The highest BCUT2D eigenvalue weighted by Gasteiger charge is 2.08.